The molecule has 4 aliphatic rings. The summed E-state index contributed by atoms with van der Waals surface area (Å²) >= 11 is 0. The van der Waals surface area contributed by atoms with Crippen LogP contribution in [0, 0.1) is 0 Å². The summed E-state index contributed by atoms with van der Waals surface area (Å²) in [7, 11) is 0. The minimum Gasteiger partial charge on any atom is -0.454 e. The van der Waals surface area contributed by atoms with Crippen molar-refractivity contribution in [3.63, 3.8) is 0 Å². The van der Waals surface area contributed by atoms with Crippen molar-refractivity contribution in [1.82, 2.24) is 0 Å². The number of fused-ring (bicyclic) bond motifs is 10. The Morgan fingerprint density at radius 1 is 0.686 bits per heavy atom. The number of rotatable bonds is 4. The summed E-state index contributed by atoms with van der Waals surface area (Å²) < 4.78 is 13.6. The van der Waals surface area contributed by atoms with Gasteiger partial charge in [0.05, 0.1) is 35.1 Å². The van der Waals surface area contributed by atoms with Crippen molar-refractivity contribution in [1.29, 1.82) is 0 Å². The lowest BCUT2D eigenvalue weighted by atomic mass is 9.86. The Bertz CT molecular complexity index is 2670. The molecular weight excluding hydrogens is 627 g/mol. The third-order valence-electron chi connectivity index (χ3n) is 11.1. The highest BCUT2D eigenvalue weighted by Crippen LogP contribution is 2.54. The molecule has 4 unspecified atom stereocenters. The van der Waals surface area contributed by atoms with Gasteiger partial charge in [0, 0.05) is 34.1 Å². The quantitative estimate of drug-likeness (QED) is 0.189. The van der Waals surface area contributed by atoms with Crippen molar-refractivity contribution in [2.45, 2.75) is 36.8 Å². The van der Waals surface area contributed by atoms with E-state index in [1.807, 2.05) is 6.07 Å². The molecule has 4 heterocycles. The maximum absolute atomic E-state index is 6.94. The van der Waals surface area contributed by atoms with Crippen LogP contribution in [0.5, 0.6) is 0 Å². The molecular formula is C46H33N3O2. The van der Waals surface area contributed by atoms with Crippen LogP contribution in [-0.4, -0.2) is 17.6 Å². The predicted molar refractivity (Wildman–Crippen MR) is 207 cm³/mol. The van der Waals surface area contributed by atoms with Gasteiger partial charge >= 0.3 is 0 Å². The number of allylic oxidation sites excluding steroid dienone is 3. The van der Waals surface area contributed by atoms with Gasteiger partial charge < -0.3 is 13.7 Å². The number of furan rings is 2. The average Bonchev–Trinajstić information content (AvgIpc) is 3.88. The fourth-order valence-electron chi connectivity index (χ4n) is 8.80. The predicted octanol–water partition coefficient (Wildman–Crippen LogP) is 11.6. The Balaban J connectivity index is 1.09. The van der Waals surface area contributed by atoms with Gasteiger partial charge in [-0.05, 0) is 41.3 Å². The summed E-state index contributed by atoms with van der Waals surface area (Å²) in [5.74, 6) is 1.91. The fraction of sp³-hybridized carbons (Fsp3) is 0.130. The van der Waals surface area contributed by atoms with Crippen LogP contribution in [0.25, 0.3) is 39.0 Å². The van der Waals surface area contributed by atoms with Crippen molar-refractivity contribution in [2.75, 3.05) is 4.90 Å². The second kappa shape index (κ2) is 11.2. The van der Waals surface area contributed by atoms with Crippen molar-refractivity contribution < 1.29 is 8.83 Å². The molecule has 2 aliphatic carbocycles. The zero-order valence-electron chi connectivity index (χ0n) is 27.8. The van der Waals surface area contributed by atoms with E-state index in [9.17, 15) is 0 Å². The Hall–Kier alpha value is -6.20. The first-order valence-corrected chi connectivity index (χ1v) is 17.9. The van der Waals surface area contributed by atoms with Crippen LogP contribution in [-0.2, 0) is 0 Å². The first-order chi connectivity index (χ1) is 25.3. The normalized spacial score (nSPS) is 21.9. The Labute approximate surface area is 295 Å². The molecule has 0 fully saturated rings. The van der Waals surface area contributed by atoms with Gasteiger partial charge in [0.15, 0.2) is 11.2 Å². The van der Waals surface area contributed by atoms with E-state index in [4.69, 9.17) is 18.8 Å². The number of para-hydroxylation sites is 2. The first-order valence-electron chi connectivity index (χ1n) is 17.9. The summed E-state index contributed by atoms with van der Waals surface area (Å²) in [6.07, 6.45) is 14.9. The molecule has 11 rings (SSSR count). The molecule has 5 nitrogen and oxygen atoms in total. The summed E-state index contributed by atoms with van der Waals surface area (Å²) in [5.41, 5.74) is 10.7. The monoisotopic (exact) mass is 659 g/mol. The molecule has 7 aromatic rings. The zero-order valence-corrected chi connectivity index (χ0v) is 27.8. The molecule has 51 heavy (non-hydrogen) atoms. The van der Waals surface area contributed by atoms with Gasteiger partial charge in [-0.15, -0.1) is 0 Å². The van der Waals surface area contributed by atoms with Crippen molar-refractivity contribution in [3.8, 4) is 0 Å². The van der Waals surface area contributed by atoms with Gasteiger partial charge in [0.25, 0.3) is 0 Å². The lowest BCUT2D eigenvalue weighted by molar-refractivity contribution is 0.590. The fourth-order valence-corrected chi connectivity index (χ4v) is 8.80. The van der Waals surface area contributed by atoms with Gasteiger partial charge in [-0.2, -0.15) is 0 Å². The molecule has 0 N–H and O–H groups in total. The first kappa shape index (κ1) is 28.6. The molecule has 244 valence electrons. The van der Waals surface area contributed by atoms with Crippen molar-refractivity contribution in [2.24, 2.45) is 9.98 Å². The van der Waals surface area contributed by atoms with Crippen molar-refractivity contribution >= 4 is 61.9 Å². The van der Waals surface area contributed by atoms with Crippen LogP contribution in [0.15, 0.2) is 164 Å². The Morgan fingerprint density at radius 2 is 1.49 bits per heavy atom. The van der Waals surface area contributed by atoms with Gasteiger partial charge in [-0.25, -0.2) is 4.99 Å². The van der Waals surface area contributed by atoms with E-state index in [1.54, 1.807) is 0 Å². The highest BCUT2D eigenvalue weighted by molar-refractivity contribution is 6.14. The molecule has 0 amide bonds. The summed E-state index contributed by atoms with van der Waals surface area (Å²) in [6.45, 7) is 0. The number of benzene rings is 5. The molecule has 5 aromatic carbocycles. The zero-order chi connectivity index (χ0) is 33.5. The third kappa shape index (κ3) is 4.34. The number of nitrogens with zero attached hydrogens (tertiary/aromatic N) is 3. The third-order valence-corrected chi connectivity index (χ3v) is 11.1. The van der Waals surface area contributed by atoms with Gasteiger partial charge in [0.1, 0.15) is 17.2 Å². The maximum Gasteiger partial charge on any atom is 0.159 e. The topological polar surface area (TPSA) is 54.2 Å². The van der Waals surface area contributed by atoms with Crippen LogP contribution in [0.4, 0.5) is 11.4 Å². The number of hydrogen-bond donors (Lipinski definition) is 0. The lowest BCUT2D eigenvalue weighted by Crippen LogP contribution is -2.28. The minimum atomic E-state index is -0.0371. The molecule has 0 bridgehead atoms. The second-order valence-electron chi connectivity index (χ2n) is 13.9. The molecule has 2 aliphatic heterocycles. The van der Waals surface area contributed by atoms with Crippen LogP contribution in [0.2, 0.25) is 0 Å². The molecule has 0 spiro atoms. The van der Waals surface area contributed by atoms with E-state index in [1.165, 1.54) is 11.1 Å². The van der Waals surface area contributed by atoms with Crippen LogP contribution in [0.3, 0.4) is 0 Å². The summed E-state index contributed by atoms with van der Waals surface area (Å²) in [4.78, 5) is 13.2. The lowest BCUT2D eigenvalue weighted by Gasteiger charge is -2.28. The maximum atomic E-state index is 6.94. The molecule has 0 saturated heterocycles. The van der Waals surface area contributed by atoms with Gasteiger partial charge in [0.2, 0.25) is 0 Å². The van der Waals surface area contributed by atoms with Crippen LogP contribution < -0.4 is 4.90 Å². The standard InChI is InChI=1S/C46H33N3O2/c1-3-13-28(14-4-1)36-27-37(29-15-5-2-6-16-29)48-46(47-36)35-20-12-24-41-42(35)34-19-11-22-39(44(34)51-41)49-38-21-9-7-17-30(38)32-25-26-33-31-18-8-10-23-40(31)50-45(33)43(32)49/h1-19,21-26,30,35-36,38H,20,27H2. The molecule has 5 heteroatoms. The number of aliphatic imine (C=N–C) groups is 2. The largest absolute Gasteiger partial charge is 0.454 e. The minimum absolute atomic E-state index is 0.00705. The molecule has 2 aromatic heterocycles. The highest BCUT2D eigenvalue weighted by Gasteiger charge is 2.41. The molecule has 0 radical (unpaired) electrons. The average molecular weight is 660 g/mol. The van der Waals surface area contributed by atoms with Crippen molar-refractivity contribution in [3.05, 3.63) is 174 Å². The smallest absolute Gasteiger partial charge is 0.159 e. The van der Waals surface area contributed by atoms with E-state index in [0.29, 0.717) is 0 Å². The number of hydrogen-bond acceptors (Lipinski definition) is 5. The number of amidine groups is 1. The van der Waals surface area contributed by atoms with E-state index in [-0.39, 0.29) is 23.9 Å². The van der Waals surface area contributed by atoms with Crippen LogP contribution >= 0.6 is 0 Å². The highest BCUT2D eigenvalue weighted by atomic mass is 16.3. The Kier molecular flexibility index (Phi) is 6.26. The number of anilines is 2. The van der Waals surface area contributed by atoms with E-state index in [0.717, 1.165) is 85.6 Å². The van der Waals surface area contributed by atoms with Crippen LogP contribution in [0.1, 0.15) is 58.7 Å². The van der Waals surface area contributed by atoms with E-state index < -0.39 is 0 Å². The van der Waals surface area contributed by atoms with E-state index in [2.05, 4.69) is 151 Å². The van der Waals surface area contributed by atoms with Gasteiger partial charge in [-0.1, -0.05) is 134 Å². The van der Waals surface area contributed by atoms with E-state index >= 15 is 0 Å². The SMILES string of the molecule is C1=CC2c3ccc4c(oc5ccccc54)c3N(c3cccc4c5c(oc34)C=CCC5C3=NC(c4ccccc4)CC(c4ccccc4)=N3)C2C=C1. The Morgan fingerprint density at radius 3 is 2.39 bits per heavy atom. The second-order valence-corrected chi connectivity index (χ2v) is 13.9. The molecule has 0 saturated carbocycles. The van der Waals surface area contributed by atoms with Gasteiger partial charge in [-0.3, -0.25) is 4.99 Å². The summed E-state index contributed by atoms with van der Waals surface area (Å²) in [6, 6.07) is 40.7. The summed E-state index contributed by atoms with van der Waals surface area (Å²) in [5, 5.41) is 3.37. The molecule has 4 atom stereocenters.